The molecule has 0 N–H and O–H groups in total. The van der Waals surface area contributed by atoms with Gasteiger partial charge in [-0.05, 0) is 41.5 Å². The molecule has 0 atom stereocenters. The van der Waals surface area contributed by atoms with Gasteiger partial charge in [0.1, 0.15) is 5.78 Å². The van der Waals surface area contributed by atoms with Crippen molar-refractivity contribution in [3.63, 3.8) is 0 Å². The van der Waals surface area contributed by atoms with Crippen LogP contribution in [0.25, 0.3) is 0 Å². The Morgan fingerprint density at radius 1 is 0.923 bits per heavy atom. The number of rotatable bonds is 5. The van der Waals surface area contributed by atoms with Gasteiger partial charge in [0.15, 0.2) is 0 Å². The van der Waals surface area contributed by atoms with E-state index in [4.69, 9.17) is 4.74 Å². The van der Waals surface area contributed by atoms with Crippen LogP contribution in [0, 0.1) is 0 Å². The third-order valence-electron chi connectivity index (χ3n) is 4.79. The molecule has 1 saturated carbocycles. The van der Waals surface area contributed by atoms with E-state index in [-0.39, 0.29) is 18.3 Å². The van der Waals surface area contributed by atoms with E-state index in [0.29, 0.717) is 43.4 Å². The number of halogens is 3. The van der Waals surface area contributed by atoms with E-state index < -0.39 is 11.7 Å². The van der Waals surface area contributed by atoms with Gasteiger partial charge in [-0.15, -0.1) is 0 Å². The minimum Gasteiger partial charge on any atom is -0.372 e. The van der Waals surface area contributed by atoms with Gasteiger partial charge >= 0.3 is 6.18 Å². The summed E-state index contributed by atoms with van der Waals surface area (Å²) in [4.78, 5) is 11.4. The van der Waals surface area contributed by atoms with Gasteiger partial charge in [-0.3, -0.25) is 4.79 Å². The van der Waals surface area contributed by atoms with Crippen molar-refractivity contribution in [2.75, 3.05) is 0 Å². The van der Waals surface area contributed by atoms with Gasteiger partial charge in [0, 0.05) is 12.8 Å². The van der Waals surface area contributed by atoms with Gasteiger partial charge in [-0.2, -0.15) is 13.2 Å². The minimum atomic E-state index is -4.41. The molecule has 0 aliphatic heterocycles. The topological polar surface area (TPSA) is 26.3 Å². The summed E-state index contributed by atoms with van der Waals surface area (Å²) in [5.74, 6) is -0.0654. The van der Waals surface area contributed by atoms with Crippen LogP contribution in [0.5, 0.6) is 0 Å². The third-order valence-corrected chi connectivity index (χ3v) is 4.79. The fourth-order valence-electron chi connectivity index (χ4n) is 3.41. The van der Waals surface area contributed by atoms with Crippen LogP contribution >= 0.6 is 0 Å². The zero-order valence-electron chi connectivity index (χ0n) is 14.4. The zero-order chi connectivity index (χ0) is 18.6. The Morgan fingerprint density at radius 3 is 2.23 bits per heavy atom. The largest absolute Gasteiger partial charge is 0.416 e. The van der Waals surface area contributed by atoms with Crippen molar-refractivity contribution in [3.05, 3.63) is 70.8 Å². The van der Waals surface area contributed by atoms with Crippen molar-refractivity contribution in [1.29, 1.82) is 0 Å². The molecule has 1 aliphatic rings. The second-order valence-corrected chi connectivity index (χ2v) is 6.71. The van der Waals surface area contributed by atoms with Crippen LogP contribution in [0.2, 0.25) is 0 Å². The van der Waals surface area contributed by atoms with Crippen LogP contribution in [0.15, 0.2) is 48.5 Å². The fraction of sp³-hybridized carbons (Fsp3) is 0.381. The number of carbonyl (C=O) groups is 1. The Morgan fingerprint density at radius 2 is 1.58 bits per heavy atom. The molecule has 3 rings (SSSR count). The van der Waals surface area contributed by atoms with E-state index in [1.165, 1.54) is 6.07 Å². The normalized spacial score (nSPS) is 16.0. The van der Waals surface area contributed by atoms with Gasteiger partial charge in [0.05, 0.1) is 18.8 Å². The molecule has 0 heterocycles. The quantitative estimate of drug-likeness (QED) is 0.687. The van der Waals surface area contributed by atoms with Gasteiger partial charge in [-0.1, -0.05) is 42.5 Å². The van der Waals surface area contributed by atoms with Crippen LogP contribution in [-0.4, -0.2) is 5.78 Å². The second kappa shape index (κ2) is 8.04. The first-order valence-electron chi connectivity index (χ1n) is 8.77. The van der Waals surface area contributed by atoms with Crippen molar-refractivity contribution in [2.24, 2.45) is 0 Å². The van der Waals surface area contributed by atoms with E-state index in [9.17, 15) is 18.0 Å². The Kier molecular flexibility index (Phi) is 5.77. The second-order valence-electron chi connectivity index (χ2n) is 6.71. The van der Waals surface area contributed by atoms with E-state index in [1.807, 2.05) is 30.3 Å². The molecule has 0 spiro atoms. The smallest absolute Gasteiger partial charge is 0.372 e. The minimum absolute atomic E-state index is 0.126. The molecule has 0 saturated heterocycles. The summed E-state index contributed by atoms with van der Waals surface area (Å²) in [5.41, 5.74) is 1.19. The molecule has 0 radical (unpaired) electrons. The summed E-state index contributed by atoms with van der Waals surface area (Å²) in [7, 11) is 0. The molecular formula is C21H21F3O2. The van der Waals surface area contributed by atoms with Crippen LogP contribution in [0.1, 0.15) is 53.9 Å². The number of benzene rings is 2. The standard InChI is InChI=1S/C21H21F3O2/c22-21(23,24)20-12-16(14-26-13-15-4-2-1-3-5-15)6-11-19(20)17-7-9-18(25)10-8-17/h1-6,11-12,17H,7-10,13-14H2. The van der Waals surface area contributed by atoms with Crippen LogP contribution in [0.4, 0.5) is 13.2 Å². The summed E-state index contributed by atoms with van der Waals surface area (Å²) < 4.78 is 46.2. The van der Waals surface area contributed by atoms with E-state index >= 15 is 0 Å². The van der Waals surface area contributed by atoms with Crippen LogP contribution in [-0.2, 0) is 28.9 Å². The number of carbonyl (C=O) groups excluding carboxylic acids is 1. The van der Waals surface area contributed by atoms with Crippen molar-refractivity contribution in [2.45, 2.75) is 51.0 Å². The third kappa shape index (κ3) is 4.73. The lowest BCUT2D eigenvalue weighted by Crippen LogP contribution is -2.17. The molecule has 0 aromatic heterocycles. The maximum Gasteiger partial charge on any atom is 0.416 e. The monoisotopic (exact) mass is 362 g/mol. The van der Waals surface area contributed by atoms with Gasteiger partial charge in [-0.25, -0.2) is 0 Å². The Hall–Kier alpha value is -2.14. The average Bonchev–Trinajstić information content (AvgIpc) is 2.63. The molecule has 138 valence electrons. The Labute approximate surface area is 151 Å². The number of Topliss-reactive ketones (excluding diaryl/α,β-unsaturated/α-hetero) is 1. The Balaban J connectivity index is 1.73. The van der Waals surface area contributed by atoms with Gasteiger partial charge in [0.25, 0.3) is 0 Å². The molecule has 0 bridgehead atoms. The zero-order valence-corrected chi connectivity index (χ0v) is 14.4. The Bertz CT molecular complexity index is 744. The van der Waals surface area contributed by atoms with Crippen molar-refractivity contribution >= 4 is 5.78 Å². The highest BCUT2D eigenvalue weighted by Gasteiger charge is 2.36. The van der Waals surface area contributed by atoms with E-state index in [2.05, 4.69) is 0 Å². The fourth-order valence-corrected chi connectivity index (χ4v) is 3.41. The molecule has 26 heavy (non-hydrogen) atoms. The molecule has 0 amide bonds. The molecule has 1 aliphatic carbocycles. The first-order valence-corrected chi connectivity index (χ1v) is 8.77. The predicted octanol–water partition coefficient (Wildman–Crippen LogP) is 5.65. The molecule has 1 fully saturated rings. The summed E-state index contributed by atoms with van der Waals surface area (Å²) in [6.07, 6.45) is -2.70. The molecule has 2 nitrogen and oxygen atoms in total. The lowest BCUT2D eigenvalue weighted by Gasteiger charge is -2.25. The average molecular weight is 362 g/mol. The molecule has 0 unspecified atom stereocenters. The molecule has 5 heteroatoms. The van der Waals surface area contributed by atoms with E-state index in [1.54, 1.807) is 12.1 Å². The van der Waals surface area contributed by atoms with E-state index in [0.717, 1.165) is 5.56 Å². The van der Waals surface area contributed by atoms with Crippen LogP contribution < -0.4 is 0 Å². The summed E-state index contributed by atoms with van der Waals surface area (Å²) in [6, 6.07) is 14.0. The van der Waals surface area contributed by atoms with Crippen molar-refractivity contribution in [3.8, 4) is 0 Å². The first kappa shape index (κ1) is 18.6. The van der Waals surface area contributed by atoms with Gasteiger partial charge in [0.2, 0.25) is 0 Å². The van der Waals surface area contributed by atoms with Crippen molar-refractivity contribution < 1.29 is 22.7 Å². The number of alkyl halides is 3. The maximum absolute atomic E-state index is 13.5. The number of hydrogen-bond donors (Lipinski definition) is 0. The predicted molar refractivity (Wildman–Crippen MR) is 92.6 cm³/mol. The number of ether oxygens (including phenoxy) is 1. The van der Waals surface area contributed by atoms with Crippen molar-refractivity contribution in [1.82, 2.24) is 0 Å². The molecule has 2 aromatic carbocycles. The lowest BCUT2D eigenvalue weighted by atomic mass is 9.81. The maximum atomic E-state index is 13.5. The highest BCUT2D eigenvalue weighted by Crippen LogP contribution is 2.40. The lowest BCUT2D eigenvalue weighted by molar-refractivity contribution is -0.138. The molecule has 2 aromatic rings. The first-order chi connectivity index (χ1) is 12.4. The summed E-state index contributed by atoms with van der Waals surface area (Å²) in [5, 5.41) is 0. The van der Waals surface area contributed by atoms with Crippen LogP contribution in [0.3, 0.4) is 0 Å². The number of ketones is 1. The SMILES string of the molecule is O=C1CCC(c2ccc(COCc3ccccc3)cc2C(F)(F)F)CC1. The van der Waals surface area contributed by atoms with Gasteiger partial charge < -0.3 is 4.74 Å². The summed E-state index contributed by atoms with van der Waals surface area (Å²) in [6.45, 7) is 0.482. The number of hydrogen-bond acceptors (Lipinski definition) is 2. The highest BCUT2D eigenvalue weighted by atomic mass is 19.4. The molecular weight excluding hydrogens is 341 g/mol. The summed E-state index contributed by atoms with van der Waals surface area (Å²) >= 11 is 0. The highest BCUT2D eigenvalue weighted by molar-refractivity contribution is 5.79.